The number of nitrogens with one attached hydrogen (secondary N) is 1. The van der Waals surface area contributed by atoms with E-state index in [1.165, 1.54) is 11.1 Å². The van der Waals surface area contributed by atoms with Crippen molar-refractivity contribution in [2.75, 3.05) is 5.75 Å². The third-order valence-electron chi connectivity index (χ3n) is 4.51. The minimum atomic E-state index is -0.577. The van der Waals surface area contributed by atoms with Gasteiger partial charge in [-0.2, -0.15) is 0 Å². The number of thioether (sulfide) groups is 1. The maximum Gasteiger partial charge on any atom is 0.242 e. The molecule has 0 aromatic heterocycles. The van der Waals surface area contributed by atoms with Crippen LogP contribution in [0.15, 0.2) is 48.5 Å². The average Bonchev–Trinajstić information content (AvgIpc) is 2.65. The highest BCUT2D eigenvalue weighted by atomic mass is 35.5. The molecular formula is C24H31ClN2O2S. The molecule has 1 atom stereocenters. The molecule has 2 rings (SSSR count). The molecule has 2 amide bonds. The molecule has 0 saturated carbocycles. The number of nitrogens with zero attached hydrogens (tertiary/aromatic N) is 1. The highest BCUT2D eigenvalue weighted by molar-refractivity contribution is 7.99. The molecule has 162 valence electrons. The van der Waals surface area contributed by atoms with E-state index in [0.29, 0.717) is 17.3 Å². The zero-order valence-corrected chi connectivity index (χ0v) is 19.9. The Morgan fingerprint density at radius 2 is 1.77 bits per heavy atom. The van der Waals surface area contributed by atoms with Gasteiger partial charge < -0.3 is 10.2 Å². The molecule has 0 unspecified atom stereocenters. The molecule has 0 aliphatic rings. The second-order valence-corrected chi connectivity index (χ2v) is 9.97. The molecule has 4 nitrogen and oxygen atoms in total. The molecular weight excluding hydrogens is 416 g/mol. The summed E-state index contributed by atoms with van der Waals surface area (Å²) in [6, 6.07) is 15.1. The molecule has 2 aromatic rings. The van der Waals surface area contributed by atoms with Gasteiger partial charge in [-0.3, -0.25) is 9.59 Å². The van der Waals surface area contributed by atoms with Gasteiger partial charge in [0.2, 0.25) is 11.8 Å². The summed E-state index contributed by atoms with van der Waals surface area (Å²) in [4.78, 5) is 27.5. The lowest BCUT2D eigenvalue weighted by Gasteiger charge is -2.31. The molecule has 6 heteroatoms. The predicted molar refractivity (Wildman–Crippen MR) is 127 cm³/mol. The van der Waals surface area contributed by atoms with E-state index < -0.39 is 6.04 Å². The number of carbonyl (C=O) groups is 2. The highest BCUT2D eigenvalue weighted by Gasteiger charge is 2.28. The SMILES string of the molecule is Cc1cccc(CSCC(=O)N(Cc2ccc(Cl)cc2)[C@@H](C)C(=O)NC(C)(C)C)c1. The van der Waals surface area contributed by atoms with Crippen LogP contribution in [0.3, 0.4) is 0 Å². The van der Waals surface area contributed by atoms with E-state index >= 15 is 0 Å². The molecule has 0 radical (unpaired) electrons. The van der Waals surface area contributed by atoms with Gasteiger partial charge >= 0.3 is 0 Å². The topological polar surface area (TPSA) is 49.4 Å². The number of amides is 2. The second kappa shape index (κ2) is 10.9. The summed E-state index contributed by atoms with van der Waals surface area (Å²) in [6.45, 7) is 9.99. The number of hydrogen-bond donors (Lipinski definition) is 1. The highest BCUT2D eigenvalue weighted by Crippen LogP contribution is 2.18. The monoisotopic (exact) mass is 446 g/mol. The minimum Gasteiger partial charge on any atom is -0.350 e. The Morgan fingerprint density at radius 3 is 2.37 bits per heavy atom. The van der Waals surface area contributed by atoms with Crippen molar-refractivity contribution in [1.29, 1.82) is 0 Å². The first-order valence-corrected chi connectivity index (χ1v) is 11.6. The lowest BCUT2D eigenvalue weighted by atomic mass is 10.1. The van der Waals surface area contributed by atoms with Gasteiger partial charge in [0.25, 0.3) is 0 Å². The minimum absolute atomic E-state index is 0.0563. The Balaban J connectivity index is 2.09. The summed E-state index contributed by atoms with van der Waals surface area (Å²) in [5.41, 5.74) is 2.97. The smallest absolute Gasteiger partial charge is 0.242 e. The standard InChI is InChI=1S/C24H31ClN2O2S/c1-17-7-6-8-20(13-17)15-30-16-22(28)27(14-19-9-11-21(25)12-10-19)18(2)23(29)26-24(3,4)5/h6-13,18H,14-16H2,1-5H3,(H,26,29)/t18-/m0/s1. The van der Waals surface area contributed by atoms with E-state index in [1.807, 2.05) is 39.0 Å². The first-order valence-electron chi connectivity index (χ1n) is 10.0. The molecule has 0 aliphatic carbocycles. The summed E-state index contributed by atoms with van der Waals surface area (Å²) in [7, 11) is 0. The van der Waals surface area contributed by atoms with Crippen molar-refractivity contribution in [1.82, 2.24) is 10.2 Å². The average molecular weight is 447 g/mol. The summed E-state index contributed by atoms with van der Waals surface area (Å²) in [5, 5.41) is 3.62. The van der Waals surface area contributed by atoms with Crippen LogP contribution in [0.4, 0.5) is 0 Å². The van der Waals surface area contributed by atoms with Gasteiger partial charge in [-0.05, 0) is 57.9 Å². The van der Waals surface area contributed by atoms with Gasteiger partial charge in [-0.15, -0.1) is 11.8 Å². The van der Waals surface area contributed by atoms with Gasteiger partial charge in [-0.25, -0.2) is 0 Å². The van der Waals surface area contributed by atoms with Gasteiger partial charge in [0.1, 0.15) is 6.04 Å². The van der Waals surface area contributed by atoms with E-state index in [4.69, 9.17) is 11.6 Å². The van der Waals surface area contributed by atoms with Gasteiger partial charge in [-0.1, -0.05) is 53.6 Å². The van der Waals surface area contributed by atoms with Crippen LogP contribution in [-0.2, 0) is 21.9 Å². The van der Waals surface area contributed by atoms with Crippen molar-refractivity contribution in [2.45, 2.75) is 58.5 Å². The lowest BCUT2D eigenvalue weighted by molar-refractivity contribution is -0.139. The molecule has 0 fully saturated rings. The molecule has 0 spiro atoms. The second-order valence-electron chi connectivity index (χ2n) is 8.55. The Labute approximate surface area is 189 Å². The quantitative estimate of drug-likeness (QED) is 0.605. The fourth-order valence-corrected chi connectivity index (χ4v) is 3.97. The van der Waals surface area contributed by atoms with Crippen LogP contribution in [0, 0.1) is 6.92 Å². The van der Waals surface area contributed by atoms with E-state index in [-0.39, 0.29) is 17.4 Å². The van der Waals surface area contributed by atoms with Crippen LogP contribution in [0.5, 0.6) is 0 Å². The number of hydrogen-bond acceptors (Lipinski definition) is 3. The van der Waals surface area contributed by atoms with Crippen LogP contribution in [-0.4, -0.2) is 34.0 Å². The summed E-state index contributed by atoms with van der Waals surface area (Å²) in [6.07, 6.45) is 0. The van der Waals surface area contributed by atoms with Crippen molar-refractivity contribution in [3.05, 3.63) is 70.2 Å². The fourth-order valence-electron chi connectivity index (χ4n) is 2.98. The maximum absolute atomic E-state index is 13.1. The first kappa shape index (κ1) is 24.3. The predicted octanol–water partition coefficient (Wildman–Crippen LogP) is 5.21. The summed E-state index contributed by atoms with van der Waals surface area (Å²) in [5.74, 6) is 0.854. The van der Waals surface area contributed by atoms with Crippen LogP contribution >= 0.6 is 23.4 Å². The van der Waals surface area contributed by atoms with Gasteiger partial charge in [0.15, 0.2) is 0 Å². The number of carbonyl (C=O) groups excluding carboxylic acids is 2. The lowest BCUT2D eigenvalue weighted by Crippen LogP contribution is -2.52. The van der Waals surface area contributed by atoms with E-state index in [9.17, 15) is 9.59 Å². The number of halogens is 1. The molecule has 0 bridgehead atoms. The zero-order valence-electron chi connectivity index (χ0n) is 18.4. The zero-order chi connectivity index (χ0) is 22.3. The number of aryl methyl sites for hydroxylation is 1. The Hall–Kier alpha value is -1.98. The first-order chi connectivity index (χ1) is 14.0. The fraction of sp³-hybridized carbons (Fsp3) is 0.417. The Bertz CT molecular complexity index is 862. The molecule has 0 saturated heterocycles. The van der Waals surface area contributed by atoms with Crippen LogP contribution in [0.25, 0.3) is 0 Å². The summed E-state index contributed by atoms with van der Waals surface area (Å²) >= 11 is 7.55. The Morgan fingerprint density at radius 1 is 1.10 bits per heavy atom. The number of rotatable bonds is 8. The third-order valence-corrected chi connectivity index (χ3v) is 5.75. The molecule has 2 aromatic carbocycles. The normalized spacial score (nSPS) is 12.3. The van der Waals surface area contributed by atoms with Gasteiger partial charge in [0, 0.05) is 22.9 Å². The number of benzene rings is 2. The third kappa shape index (κ3) is 8.04. The van der Waals surface area contributed by atoms with Crippen LogP contribution in [0.1, 0.15) is 44.4 Å². The molecule has 1 N–H and O–H groups in total. The van der Waals surface area contributed by atoms with Crippen molar-refractivity contribution in [3.63, 3.8) is 0 Å². The van der Waals surface area contributed by atoms with E-state index in [2.05, 4.69) is 30.4 Å². The van der Waals surface area contributed by atoms with Gasteiger partial charge in [0.05, 0.1) is 5.75 Å². The molecule has 30 heavy (non-hydrogen) atoms. The molecule has 0 heterocycles. The van der Waals surface area contributed by atoms with E-state index in [1.54, 1.807) is 35.7 Å². The van der Waals surface area contributed by atoms with Crippen molar-refractivity contribution >= 4 is 35.2 Å². The molecule has 0 aliphatic heterocycles. The van der Waals surface area contributed by atoms with Crippen LogP contribution in [0.2, 0.25) is 5.02 Å². The summed E-state index contributed by atoms with van der Waals surface area (Å²) < 4.78 is 0. The van der Waals surface area contributed by atoms with Crippen molar-refractivity contribution in [3.8, 4) is 0 Å². The van der Waals surface area contributed by atoms with E-state index in [0.717, 1.165) is 11.3 Å². The van der Waals surface area contributed by atoms with Crippen LogP contribution < -0.4 is 5.32 Å². The largest absolute Gasteiger partial charge is 0.350 e. The van der Waals surface area contributed by atoms with Crippen molar-refractivity contribution in [2.24, 2.45) is 0 Å². The Kier molecular flexibility index (Phi) is 8.80. The maximum atomic E-state index is 13.1. The van der Waals surface area contributed by atoms with Crippen molar-refractivity contribution < 1.29 is 9.59 Å².